The fourth-order valence-electron chi connectivity index (χ4n) is 4.54. The minimum absolute atomic E-state index is 0.162. The van der Waals surface area contributed by atoms with Gasteiger partial charge in [-0.3, -0.25) is 0 Å². The molecule has 1 aromatic heterocycles. The number of rotatable bonds is 11. The minimum Gasteiger partial charge on any atom is -0.490 e. The first-order valence-corrected chi connectivity index (χ1v) is 13.1. The third-order valence-electron chi connectivity index (χ3n) is 6.46. The van der Waals surface area contributed by atoms with E-state index in [9.17, 15) is 5.11 Å². The van der Waals surface area contributed by atoms with Gasteiger partial charge in [0, 0.05) is 54.3 Å². The molecular weight excluding hydrogens is 488 g/mol. The van der Waals surface area contributed by atoms with E-state index in [1.54, 1.807) is 6.92 Å². The van der Waals surface area contributed by atoms with Crippen LogP contribution in [0, 0.1) is 23.7 Å². The summed E-state index contributed by atoms with van der Waals surface area (Å²) in [5, 5.41) is 24.1. The molecule has 3 N–H and O–H groups in total. The zero-order valence-corrected chi connectivity index (χ0v) is 22.4. The van der Waals surface area contributed by atoms with E-state index in [1.807, 2.05) is 42.5 Å². The number of para-hydroxylation sites is 1. The number of aliphatic hydroxyl groups excluding tert-OH is 1. The fraction of sp³-hybridized carbons (Fsp3) is 0.312. The SMILES string of the molecule is C#CC/C(C#N)=C\N=C(C)Oc1ccc(C[C@@H](C)NC[C@H](O)COC2=CCCc3[nH]c4ccccc4c32)cc1. The van der Waals surface area contributed by atoms with Crippen molar-refractivity contribution in [3.8, 4) is 24.2 Å². The van der Waals surface area contributed by atoms with Crippen molar-refractivity contribution in [2.45, 2.75) is 51.7 Å². The molecule has 7 heteroatoms. The molecule has 2 aromatic carbocycles. The monoisotopic (exact) mass is 522 g/mol. The van der Waals surface area contributed by atoms with E-state index in [2.05, 4.69) is 46.3 Å². The Morgan fingerprint density at radius 3 is 2.82 bits per heavy atom. The average molecular weight is 523 g/mol. The molecule has 0 spiro atoms. The van der Waals surface area contributed by atoms with Crippen LogP contribution in [-0.4, -0.2) is 41.3 Å². The number of aryl methyl sites for hydroxylation is 1. The predicted octanol–water partition coefficient (Wildman–Crippen LogP) is 5.28. The van der Waals surface area contributed by atoms with E-state index >= 15 is 0 Å². The highest BCUT2D eigenvalue weighted by atomic mass is 16.5. The first-order chi connectivity index (χ1) is 19.0. The second-order valence-electron chi connectivity index (χ2n) is 9.65. The Bertz CT molecular complexity index is 1450. The summed E-state index contributed by atoms with van der Waals surface area (Å²) in [4.78, 5) is 7.65. The van der Waals surface area contributed by atoms with Crippen molar-refractivity contribution in [2.75, 3.05) is 13.2 Å². The van der Waals surface area contributed by atoms with Gasteiger partial charge in [0.15, 0.2) is 5.90 Å². The number of terminal acetylenes is 1. The number of benzene rings is 2. The van der Waals surface area contributed by atoms with Gasteiger partial charge in [-0.05, 0) is 56.0 Å². The van der Waals surface area contributed by atoms with Crippen molar-refractivity contribution in [1.29, 1.82) is 5.26 Å². The lowest BCUT2D eigenvalue weighted by atomic mass is 10.0. The third-order valence-corrected chi connectivity index (χ3v) is 6.46. The smallest absolute Gasteiger partial charge is 0.191 e. The summed E-state index contributed by atoms with van der Waals surface area (Å²) in [7, 11) is 0. The highest BCUT2D eigenvalue weighted by Crippen LogP contribution is 2.34. The molecule has 0 amide bonds. The number of hydrogen-bond donors (Lipinski definition) is 3. The largest absolute Gasteiger partial charge is 0.490 e. The van der Waals surface area contributed by atoms with Gasteiger partial charge < -0.3 is 24.9 Å². The molecule has 0 saturated heterocycles. The van der Waals surface area contributed by atoms with Gasteiger partial charge in [0.25, 0.3) is 0 Å². The molecule has 0 bridgehead atoms. The van der Waals surface area contributed by atoms with Crippen LogP contribution in [0.5, 0.6) is 5.75 Å². The Labute approximate surface area is 229 Å². The van der Waals surface area contributed by atoms with E-state index < -0.39 is 6.10 Å². The second kappa shape index (κ2) is 13.5. The lowest BCUT2D eigenvalue weighted by Crippen LogP contribution is -2.37. The van der Waals surface area contributed by atoms with Crippen molar-refractivity contribution in [2.24, 2.45) is 4.99 Å². The van der Waals surface area contributed by atoms with E-state index in [0.29, 0.717) is 23.8 Å². The number of ether oxygens (including phenoxy) is 2. The van der Waals surface area contributed by atoms with Crippen LogP contribution in [0.4, 0.5) is 0 Å². The van der Waals surface area contributed by atoms with Crippen molar-refractivity contribution >= 4 is 22.6 Å². The standard InChI is InChI=1S/C32H34N4O3/c1-4-8-25(18-33)19-35-23(3)39-27-15-13-24(14-16-27)17-22(2)34-20-26(37)21-38-31-12-7-11-30-32(31)28-9-5-6-10-29(28)36-30/h1,5-6,9-10,12-16,19,22,26,34,36-37H,7-8,11,17,20-21H2,2-3H3/b25-19+,35-23?/t22-,26+/m1/s1. The number of aromatic amines is 1. The van der Waals surface area contributed by atoms with Crippen LogP contribution >= 0.6 is 0 Å². The molecule has 0 fully saturated rings. The van der Waals surface area contributed by atoms with Gasteiger partial charge in [-0.1, -0.05) is 30.3 Å². The van der Waals surface area contributed by atoms with Gasteiger partial charge in [-0.15, -0.1) is 12.3 Å². The Kier molecular flexibility index (Phi) is 9.58. The zero-order chi connectivity index (χ0) is 27.6. The topological polar surface area (TPSA) is 103 Å². The fourth-order valence-corrected chi connectivity index (χ4v) is 4.54. The summed E-state index contributed by atoms with van der Waals surface area (Å²) >= 11 is 0. The number of nitriles is 1. The second-order valence-corrected chi connectivity index (χ2v) is 9.65. The molecule has 200 valence electrons. The van der Waals surface area contributed by atoms with E-state index in [-0.39, 0.29) is 19.1 Å². The number of aromatic nitrogens is 1. The zero-order valence-electron chi connectivity index (χ0n) is 22.4. The highest BCUT2D eigenvalue weighted by Gasteiger charge is 2.20. The summed E-state index contributed by atoms with van der Waals surface area (Å²) in [6, 6.07) is 18.2. The Hall–Kier alpha value is -4.30. The normalized spacial score (nSPS) is 15.1. The minimum atomic E-state index is -0.627. The van der Waals surface area contributed by atoms with Crippen molar-refractivity contribution < 1.29 is 14.6 Å². The lowest BCUT2D eigenvalue weighted by Gasteiger charge is -2.20. The number of fused-ring (bicyclic) bond motifs is 3. The molecule has 0 aliphatic heterocycles. The van der Waals surface area contributed by atoms with Crippen LogP contribution in [0.3, 0.4) is 0 Å². The van der Waals surface area contributed by atoms with Crippen LogP contribution in [0.15, 0.2) is 71.4 Å². The summed E-state index contributed by atoms with van der Waals surface area (Å²) in [6.07, 6.45) is 11.1. The van der Waals surface area contributed by atoms with Crippen LogP contribution in [0.1, 0.15) is 43.5 Å². The summed E-state index contributed by atoms with van der Waals surface area (Å²) in [5.41, 5.74) is 4.97. The Balaban J connectivity index is 1.22. The molecule has 1 heterocycles. The maximum atomic E-state index is 10.6. The van der Waals surface area contributed by atoms with Crippen molar-refractivity contribution in [3.63, 3.8) is 0 Å². The maximum absolute atomic E-state index is 10.6. The molecule has 0 radical (unpaired) electrons. The summed E-state index contributed by atoms with van der Waals surface area (Å²) in [6.45, 7) is 4.47. The number of nitrogens with one attached hydrogen (secondary N) is 2. The molecular formula is C32H34N4O3. The van der Waals surface area contributed by atoms with Gasteiger partial charge in [-0.2, -0.15) is 5.26 Å². The number of aliphatic imine (C=N–C) groups is 1. The Morgan fingerprint density at radius 1 is 1.26 bits per heavy atom. The molecule has 39 heavy (non-hydrogen) atoms. The van der Waals surface area contributed by atoms with E-state index in [4.69, 9.17) is 21.2 Å². The molecule has 1 aliphatic carbocycles. The number of H-pyrrole nitrogens is 1. The van der Waals surface area contributed by atoms with Gasteiger partial charge >= 0.3 is 0 Å². The molecule has 4 rings (SSSR count). The average Bonchev–Trinajstić information content (AvgIpc) is 3.33. The first-order valence-electron chi connectivity index (χ1n) is 13.1. The van der Waals surface area contributed by atoms with Crippen LogP contribution in [-0.2, 0) is 17.6 Å². The van der Waals surface area contributed by atoms with E-state index in [0.717, 1.165) is 47.1 Å². The summed E-state index contributed by atoms with van der Waals surface area (Å²) in [5.74, 6) is 4.35. The molecule has 0 unspecified atom stereocenters. The highest BCUT2D eigenvalue weighted by molar-refractivity contribution is 5.93. The Morgan fingerprint density at radius 2 is 2.05 bits per heavy atom. The van der Waals surface area contributed by atoms with Gasteiger partial charge in [0.05, 0.1) is 11.6 Å². The number of allylic oxidation sites excluding steroid dienone is 2. The number of aliphatic hydroxyl groups is 1. The quantitative estimate of drug-likeness (QED) is 0.138. The van der Waals surface area contributed by atoms with Crippen molar-refractivity contribution in [3.05, 3.63) is 83.2 Å². The predicted molar refractivity (Wildman–Crippen MR) is 155 cm³/mol. The molecule has 2 atom stereocenters. The number of nitrogens with zero attached hydrogens (tertiary/aromatic N) is 2. The van der Waals surface area contributed by atoms with Gasteiger partial charge in [0.2, 0.25) is 0 Å². The van der Waals surface area contributed by atoms with Gasteiger partial charge in [-0.25, -0.2) is 4.99 Å². The van der Waals surface area contributed by atoms with Crippen LogP contribution in [0.2, 0.25) is 0 Å². The molecule has 0 saturated carbocycles. The van der Waals surface area contributed by atoms with Gasteiger partial charge in [0.1, 0.15) is 24.2 Å². The molecule has 3 aromatic rings. The molecule has 7 nitrogen and oxygen atoms in total. The lowest BCUT2D eigenvalue weighted by molar-refractivity contribution is 0.0904. The first kappa shape index (κ1) is 27.7. The summed E-state index contributed by atoms with van der Waals surface area (Å²) < 4.78 is 11.8. The number of hydrogen-bond acceptors (Lipinski definition) is 6. The van der Waals surface area contributed by atoms with Crippen LogP contribution in [0.25, 0.3) is 16.7 Å². The van der Waals surface area contributed by atoms with Crippen molar-refractivity contribution in [1.82, 2.24) is 10.3 Å². The third kappa shape index (κ3) is 7.61. The van der Waals surface area contributed by atoms with E-state index in [1.165, 1.54) is 11.9 Å². The molecule has 1 aliphatic rings. The maximum Gasteiger partial charge on any atom is 0.191 e. The van der Waals surface area contributed by atoms with Crippen LogP contribution < -0.4 is 10.1 Å².